The largest absolute Gasteiger partial charge is 0.383 e. The molecule has 0 aromatic heterocycles. The Labute approximate surface area is 215 Å². The van der Waals surface area contributed by atoms with E-state index in [0.717, 1.165) is 16.7 Å². The van der Waals surface area contributed by atoms with Crippen LogP contribution in [0.3, 0.4) is 0 Å². The Morgan fingerprint density at radius 1 is 0.972 bits per heavy atom. The third kappa shape index (κ3) is 5.58. The van der Waals surface area contributed by atoms with Gasteiger partial charge in [-0.3, -0.25) is 19.3 Å². The Bertz CT molecular complexity index is 1250. The molecule has 1 aliphatic heterocycles. The molecule has 3 aromatic rings. The van der Waals surface area contributed by atoms with Crippen LogP contribution in [0.2, 0.25) is 5.02 Å². The maximum absolute atomic E-state index is 13.3. The summed E-state index contributed by atoms with van der Waals surface area (Å²) in [6.45, 7) is 2.27. The minimum atomic E-state index is -0.309. The zero-order valence-electron chi connectivity index (χ0n) is 20.3. The van der Waals surface area contributed by atoms with Crippen molar-refractivity contribution in [2.75, 3.05) is 44.9 Å². The van der Waals surface area contributed by atoms with Crippen LogP contribution >= 0.6 is 11.6 Å². The summed E-state index contributed by atoms with van der Waals surface area (Å²) >= 11 is 6.22. The minimum Gasteiger partial charge on any atom is -0.383 e. The SMILES string of the molecule is COCCN(CC(=O)N1CC(=O)N(c2cccc(Cl)c2C)C1)C(=O)c1ccc(-c2ccccc2)cc1. The number of methoxy groups -OCH3 is 1. The van der Waals surface area contributed by atoms with Crippen molar-refractivity contribution in [3.63, 3.8) is 0 Å². The lowest BCUT2D eigenvalue weighted by atomic mass is 10.0. The van der Waals surface area contributed by atoms with Crippen molar-refractivity contribution in [1.29, 1.82) is 0 Å². The number of halogens is 1. The van der Waals surface area contributed by atoms with Gasteiger partial charge in [0.2, 0.25) is 11.8 Å². The second-order valence-electron chi connectivity index (χ2n) is 8.60. The van der Waals surface area contributed by atoms with Crippen molar-refractivity contribution in [1.82, 2.24) is 9.80 Å². The van der Waals surface area contributed by atoms with Crippen LogP contribution in [-0.4, -0.2) is 67.5 Å². The molecule has 3 aromatic carbocycles. The summed E-state index contributed by atoms with van der Waals surface area (Å²) in [7, 11) is 1.55. The Morgan fingerprint density at radius 3 is 2.36 bits per heavy atom. The lowest BCUT2D eigenvalue weighted by molar-refractivity contribution is -0.132. The zero-order valence-corrected chi connectivity index (χ0v) is 21.1. The highest BCUT2D eigenvalue weighted by Crippen LogP contribution is 2.29. The molecule has 4 rings (SSSR count). The topological polar surface area (TPSA) is 70.2 Å². The minimum absolute atomic E-state index is 0.0527. The van der Waals surface area contributed by atoms with Gasteiger partial charge in [-0.05, 0) is 47.9 Å². The zero-order chi connectivity index (χ0) is 25.7. The van der Waals surface area contributed by atoms with E-state index in [-0.39, 0.29) is 50.6 Å². The predicted molar refractivity (Wildman–Crippen MR) is 140 cm³/mol. The van der Waals surface area contributed by atoms with Crippen LogP contribution in [-0.2, 0) is 14.3 Å². The first-order valence-electron chi connectivity index (χ1n) is 11.7. The molecule has 8 heteroatoms. The molecule has 0 bridgehead atoms. The number of carbonyl (C=O) groups excluding carboxylic acids is 3. The lowest BCUT2D eigenvalue weighted by Crippen LogP contribution is -2.44. The Balaban J connectivity index is 1.46. The molecule has 0 aliphatic carbocycles. The predicted octanol–water partition coefficient (Wildman–Crippen LogP) is 4.24. The van der Waals surface area contributed by atoms with E-state index in [9.17, 15) is 14.4 Å². The van der Waals surface area contributed by atoms with Crippen LogP contribution in [0, 0.1) is 6.92 Å². The molecule has 186 valence electrons. The molecule has 1 aliphatic rings. The van der Waals surface area contributed by atoms with Crippen LogP contribution in [0.4, 0.5) is 5.69 Å². The van der Waals surface area contributed by atoms with Crippen molar-refractivity contribution < 1.29 is 19.1 Å². The van der Waals surface area contributed by atoms with Crippen LogP contribution in [0.5, 0.6) is 0 Å². The van der Waals surface area contributed by atoms with Crippen LogP contribution in [0.15, 0.2) is 72.8 Å². The number of benzene rings is 3. The van der Waals surface area contributed by atoms with Gasteiger partial charge < -0.3 is 14.5 Å². The first-order chi connectivity index (χ1) is 17.4. The third-order valence-corrected chi connectivity index (χ3v) is 6.65. The maximum atomic E-state index is 13.3. The molecular formula is C28H28ClN3O4. The van der Waals surface area contributed by atoms with Crippen molar-refractivity contribution in [2.45, 2.75) is 6.92 Å². The van der Waals surface area contributed by atoms with Gasteiger partial charge in [0.25, 0.3) is 5.91 Å². The van der Waals surface area contributed by atoms with Crippen LogP contribution in [0.1, 0.15) is 15.9 Å². The van der Waals surface area contributed by atoms with Gasteiger partial charge in [-0.25, -0.2) is 0 Å². The fraction of sp³-hybridized carbons (Fsp3) is 0.250. The highest BCUT2D eigenvalue weighted by molar-refractivity contribution is 6.31. The van der Waals surface area contributed by atoms with Crippen LogP contribution in [0.25, 0.3) is 11.1 Å². The molecule has 0 radical (unpaired) electrons. The molecule has 0 N–H and O–H groups in total. The van der Waals surface area contributed by atoms with Gasteiger partial charge in [0, 0.05) is 29.9 Å². The summed E-state index contributed by atoms with van der Waals surface area (Å²) in [5, 5.41) is 0.555. The summed E-state index contributed by atoms with van der Waals surface area (Å²) in [6, 6.07) is 22.5. The average Bonchev–Trinajstić information content (AvgIpc) is 3.29. The number of hydrogen-bond donors (Lipinski definition) is 0. The molecule has 0 atom stereocenters. The summed E-state index contributed by atoms with van der Waals surface area (Å²) in [5.41, 5.74) is 3.98. The van der Waals surface area contributed by atoms with Gasteiger partial charge >= 0.3 is 0 Å². The van der Waals surface area contributed by atoms with E-state index in [1.54, 1.807) is 42.3 Å². The third-order valence-electron chi connectivity index (χ3n) is 6.24. The standard InChI is InChI=1S/C28H28ClN3O4/c1-20-24(29)9-6-10-25(20)32-19-31(18-27(32)34)26(33)17-30(15-16-36-2)28(35)23-13-11-22(12-14-23)21-7-4-3-5-8-21/h3-14H,15-19H2,1-2H3. The fourth-order valence-electron chi connectivity index (χ4n) is 4.15. The van der Waals surface area contributed by atoms with Gasteiger partial charge in [-0.15, -0.1) is 0 Å². The summed E-state index contributed by atoms with van der Waals surface area (Å²) in [4.78, 5) is 43.6. The summed E-state index contributed by atoms with van der Waals surface area (Å²) in [6.07, 6.45) is 0. The molecule has 1 saturated heterocycles. The van der Waals surface area contributed by atoms with E-state index < -0.39 is 0 Å². The molecule has 0 saturated carbocycles. The monoisotopic (exact) mass is 505 g/mol. The summed E-state index contributed by atoms with van der Waals surface area (Å²) in [5.74, 6) is -0.774. The highest BCUT2D eigenvalue weighted by atomic mass is 35.5. The van der Waals surface area contributed by atoms with Crippen molar-refractivity contribution >= 4 is 35.0 Å². The first-order valence-corrected chi connectivity index (χ1v) is 12.0. The van der Waals surface area contributed by atoms with Crippen molar-refractivity contribution in [3.05, 3.63) is 88.9 Å². The van der Waals surface area contributed by atoms with Gasteiger partial charge in [0.05, 0.1) is 6.61 Å². The van der Waals surface area contributed by atoms with E-state index in [2.05, 4.69) is 0 Å². The molecule has 36 heavy (non-hydrogen) atoms. The second-order valence-corrected chi connectivity index (χ2v) is 9.01. The molecular weight excluding hydrogens is 478 g/mol. The lowest BCUT2D eigenvalue weighted by Gasteiger charge is -2.25. The van der Waals surface area contributed by atoms with Gasteiger partial charge in [0.1, 0.15) is 19.8 Å². The number of anilines is 1. The molecule has 1 fully saturated rings. The molecule has 0 spiro atoms. The molecule has 3 amide bonds. The number of ether oxygens (including phenoxy) is 1. The van der Waals surface area contributed by atoms with Gasteiger partial charge in [0.15, 0.2) is 0 Å². The van der Waals surface area contributed by atoms with Crippen molar-refractivity contribution in [2.24, 2.45) is 0 Å². The second kappa shape index (κ2) is 11.4. The highest BCUT2D eigenvalue weighted by Gasteiger charge is 2.34. The average molecular weight is 506 g/mol. The first kappa shape index (κ1) is 25.4. The van der Waals surface area contributed by atoms with E-state index in [4.69, 9.17) is 16.3 Å². The Morgan fingerprint density at radius 2 is 1.67 bits per heavy atom. The molecule has 0 unspecified atom stereocenters. The quantitative estimate of drug-likeness (QED) is 0.459. The number of amides is 3. The van der Waals surface area contributed by atoms with Gasteiger partial charge in [-0.2, -0.15) is 0 Å². The van der Waals surface area contributed by atoms with E-state index in [1.807, 2.05) is 49.4 Å². The van der Waals surface area contributed by atoms with Crippen LogP contribution < -0.4 is 4.90 Å². The van der Waals surface area contributed by atoms with Gasteiger partial charge in [-0.1, -0.05) is 60.1 Å². The number of rotatable bonds is 8. The van der Waals surface area contributed by atoms with E-state index >= 15 is 0 Å². The number of carbonyl (C=O) groups is 3. The Kier molecular flexibility index (Phi) is 8.03. The van der Waals surface area contributed by atoms with E-state index in [1.165, 1.54) is 9.80 Å². The smallest absolute Gasteiger partial charge is 0.254 e. The normalized spacial score (nSPS) is 13.2. The molecule has 1 heterocycles. The van der Waals surface area contributed by atoms with E-state index in [0.29, 0.717) is 16.3 Å². The maximum Gasteiger partial charge on any atom is 0.254 e. The molecule has 7 nitrogen and oxygen atoms in total. The van der Waals surface area contributed by atoms with Crippen molar-refractivity contribution in [3.8, 4) is 11.1 Å². The number of nitrogens with zero attached hydrogens (tertiary/aromatic N) is 3. The number of hydrogen-bond acceptors (Lipinski definition) is 4. The Hall–Kier alpha value is -3.68. The summed E-state index contributed by atoms with van der Waals surface area (Å²) < 4.78 is 5.17. The fourth-order valence-corrected chi connectivity index (χ4v) is 4.32.